The number of aryl methyl sites for hydroxylation is 1. The fraction of sp³-hybridized carbons (Fsp3) is 0.214. The zero-order valence-corrected chi connectivity index (χ0v) is 10.7. The number of hydrogen-bond donors (Lipinski definition) is 1. The summed E-state index contributed by atoms with van der Waals surface area (Å²) in [6, 6.07) is 5.93. The summed E-state index contributed by atoms with van der Waals surface area (Å²) in [6.07, 6.45) is 5.41. The zero-order chi connectivity index (χ0) is 13.2. The SMILES string of the molecule is Cc1cnc2c(c1)nc(-c1cccnc1)n2CCN. The Hall–Kier alpha value is -2.27. The van der Waals surface area contributed by atoms with Gasteiger partial charge in [-0.15, -0.1) is 0 Å². The van der Waals surface area contributed by atoms with Gasteiger partial charge in [0.05, 0.1) is 0 Å². The van der Waals surface area contributed by atoms with E-state index in [2.05, 4.69) is 15.0 Å². The Morgan fingerprint density at radius 2 is 2.21 bits per heavy atom. The van der Waals surface area contributed by atoms with Gasteiger partial charge in [0.1, 0.15) is 11.3 Å². The van der Waals surface area contributed by atoms with E-state index in [1.807, 2.05) is 35.9 Å². The molecule has 19 heavy (non-hydrogen) atoms. The quantitative estimate of drug-likeness (QED) is 0.772. The standard InChI is InChI=1S/C14H15N5/c1-10-7-12-14(17-8-10)19(6-4-15)13(18-12)11-3-2-5-16-9-11/h2-3,5,7-9H,4,6,15H2,1H3. The number of rotatable bonds is 3. The van der Waals surface area contributed by atoms with Crippen LogP contribution in [0.4, 0.5) is 0 Å². The van der Waals surface area contributed by atoms with Crippen LogP contribution in [0.25, 0.3) is 22.6 Å². The molecule has 0 aliphatic rings. The Bertz CT molecular complexity index is 702. The van der Waals surface area contributed by atoms with E-state index >= 15 is 0 Å². The first-order chi connectivity index (χ1) is 9.29. The van der Waals surface area contributed by atoms with Crippen LogP contribution in [0, 0.1) is 6.92 Å². The van der Waals surface area contributed by atoms with E-state index in [1.54, 1.807) is 12.4 Å². The van der Waals surface area contributed by atoms with Crippen LogP contribution < -0.4 is 5.73 Å². The summed E-state index contributed by atoms with van der Waals surface area (Å²) in [5.74, 6) is 0.867. The maximum Gasteiger partial charge on any atom is 0.160 e. The van der Waals surface area contributed by atoms with Gasteiger partial charge in [0.15, 0.2) is 5.65 Å². The molecule has 3 aromatic rings. The Labute approximate surface area is 111 Å². The Morgan fingerprint density at radius 1 is 1.32 bits per heavy atom. The molecule has 0 saturated carbocycles. The monoisotopic (exact) mass is 253 g/mol. The number of fused-ring (bicyclic) bond motifs is 1. The zero-order valence-electron chi connectivity index (χ0n) is 10.7. The summed E-state index contributed by atoms with van der Waals surface area (Å²) < 4.78 is 2.05. The molecule has 96 valence electrons. The molecular formula is C14H15N5. The third-order valence-corrected chi connectivity index (χ3v) is 2.99. The van der Waals surface area contributed by atoms with Gasteiger partial charge in [0.2, 0.25) is 0 Å². The first-order valence-electron chi connectivity index (χ1n) is 6.23. The van der Waals surface area contributed by atoms with Crippen molar-refractivity contribution in [1.29, 1.82) is 0 Å². The average molecular weight is 253 g/mol. The van der Waals surface area contributed by atoms with E-state index in [0.717, 1.165) is 28.1 Å². The molecule has 5 heteroatoms. The summed E-state index contributed by atoms with van der Waals surface area (Å²) in [5.41, 5.74) is 9.54. The van der Waals surface area contributed by atoms with Gasteiger partial charge in [0, 0.05) is 37.2 Å². The molecule has 3 aromatic heterocycles. The molecule has 5 nitrogen and oxygen atoms in total. The second kappa shape index (κ2) is 4.78. The third-order valence-electron chi connectivity index (χ3n) is 2.99. The molecule has 0 radical (unpaired) electrons. The van der Waals surface area contributed by atoms with Gasteiger partial charge < -0.3 is 10.3 Å². The highest BCUT2D eigenvalue weighted by atomic mass is 15.1. The van der Waals surface area contributed by atoms with Crippen molar-refractivity contribution < 1.29 is 0 Å². The lowest BCUT2D eigenvalue weighted by molar-refractivity contribution is 0.728. The highest BCUT2D eigenvalue weighted by Gasteiger charge is 2.13. The minimum atomic E-state index is 0.550. The summed E-state index contributed by atoms with van der Waals surface area (Å²) in [7, 11) is 0. The van der Waals surface area contributed by atoms with Gasteiger partial charge in [0.25, 0.3) is 0 Å². The highest BCUT2D eigenvalue weighted by Crippen LogP contribution is 2.23. The Morgan fingerprint density at radius 3 is 2.95 bits per heavy atom. The van der Waals surface area contributed by atoms with Crippen molar-refractivity contribution in [1.82, 2.24) is 19.5 Å². The van der Waals surface area contributed by atoms with Crippen LogP contribution in [0.15, 0.2) is 36.8 Å². The number of nitrogens with zero attached hydrogens (tertiary/aromatic N) is 4. The average Bonchev–Trinajstić information content (AvgIpc) is 2.78. The van der Waals surface area contributed by atoms with E-state index in [-0.39, 0.29) is 0 Å². The molecule has 0 fully saturated rings. The lowest BCUT2D eigenvalue weighted by atomic mass is 10.3. The second-order valence-corrected chi connectivity index (χ2v) is 4.47. The van der Waals surface area contributed by atoms with E-state index in [9.17, 15) is 0 Å². The predicted octanol–water partition coefficient (Wildman–Crippen LogP) is 1.76. The number of nitrogens with two attached hydrogens (primary N) is 1. The largest absolute Gasteiger partial charge is 0.329 e. The fourth-order valence-electron chi connectivity index (χ4n) is 2.17. The van der Waals surface area contributed by atoms with E-state index in [4.69, 9.17) is 5.73 Å². The van der Waals surface area contributed by atoms with Crippen molar-refractivity contribution >= 4 is 11.2 Å². The minimum absolute atomic E-state index is 0.550. The van der Waals surface area contributed by atoms with Crippen molar-refractivity contribution in [3.63, 3.8) is 0 Å². The minimum Gasteiger partial charge on any atom is -0.329 e. The third kappa shape index (κ3) is 2.08. The van der Waals surface area contributed by atoms with Gasteiger partial charge in [-0.25, -0.2) is 9.97 Å². The number of hydrogen-bond acceptors (Lipinski definition) is 4. The number of imidazole rings is 1. The Balaban J connectivity index is 2.26. The summed E-state index contributed by atoms with van der Waals surface area (Å²) >= 11 is 0. The molecule has 0 atom stereocenters. The second-order valence-electron chi connectivity index (χ2n) is 4.47. The molecule has 3 rings (SSSR count). The van der Waals surface area contributed by atoms with Crippen LogP contribution in [0.5, 0.6) is 0 Å². The van der Waals surface area contributed by atoms with Gasteiger partial charge in [-0.05, 0) is 30.7 Å². The molecule has 0 aliphatic carbocycles. The molecule has 0 aromatic carbocycles. The van der Waals surface area contributed by atoms with Gasteiger partial charge >= 0.3 is 0 Å². The topological polar surface area (TPSA) is 69.6 Å². The van der Waals surface area contributed by atoms with Crippen molar-refractivity contribution in [2.45, 2.75) is 13.5 Å². The predicted molar refractivity (Wildman–Crippen MR) is 74.6 cm³/mol. The lowest BCUT2D eigenvalue weighted by Crippen LogP contribution is -2.11. The van der Waals surface area contributed by atoms with Crippen LogP contribution >= 0.6 is 0 Å². The van der Waals surface area contributed by atoms with Crippen LogP contribution in [0.3, 0.4) is 0 Å². The highest BCUT2D eigenvalue weighted by molar-refractivity contribution is 5.77. The Kier molecular flexibility index (Phi) is 2.97. The maximum atomic E-state index is 5.70. The van der Waals surface area contributed by atoms with E-state index in [0.29, 0.717) is 13.1 Å². The van der Waals surface area contributed by atoms with Crippen LogP contribution in [0.2, 0.25) is 0 Å². The van der Waals surface area contributed by atoms with E-state index < -0.39 is 0 Å². The van der Waals surface area contributed by atoms with Crippen molar-refractivity contribution in [3.8, 4) is 11.4 Å². The first kappa shape index (κ1) is 11.8. The van der Waals surface area contributed by atoms with Gasteiger partial charge in [-0.3, -0.25) is 4.98 Å². The van der Waals surface area contributed by atoms with Crippen molar-refractivity contribution in [2.75, 3.05) is 6.54 Å². The molecule has 0 saturated heterocycles. The smallest absolute Gasteiger partial charge is 0.160 e. The molecule has 0 unspecified atom stereocenters. The van der Waals surface area contributed by atoms with Crippen molar-refractivity contribution in [3.05, 3.63) is 42.4 Å². The van der Waals surface area contributed by atoms with Gasteiger partial charge in [-0.2, -0.15) is 0 Å². The molecule has 0 bridgehead atoms. The summed E-state index contributed by atoms with van der Waals surface area (Å²) in [4.78, 5) is 13.3. The summed E-state index contributed by atoms with van der Waals surface area (Å²) in [5, 5.41) is 0. The molecule has 3 heterocycles. The van der Waals surface area contributed by atoms with Crippen molar-refractivity contribution in [2.24, 2.45) is 5.73 Å². The van der Waals surface area contributed by atoms with Crippen LogP contribution in [-0.4, -0.2) is 26.1 Å². The number of pyridine rings is 2. The normalized spacial score (nSPS) is 11.1. The fourth-order valence-corrected chi connectivity index (χ4v) is 2.17. The molecule has 2 N–H and O–H groups in total. The summed E-state index contributed by atoms with van der Waals surface area (Å²) in [6.45, 7) is 3.25. The maximum absolute atomic E-state index is 5.70. The van der Waals surface area contributed by atoms with Crippen LogP contribution in [-0.2, 0) is 6.54 Å². The lowest BCUT2D eigenvalue weighted by Gasteiger charge is -2.06. The number of aromatic nitrogens is 4. The molecule has 0 spiro atoms. The van der Waals surface area contributed by atoms with Gasteiger partial charge in [-0.1, -0.05) is 0 Å². The molecule has 0 aliphatic heterocycles. The molecular weight excluding hydrogens is 238 g/mol. The molecule has 0 amide bonds. The van der Waals surface area contributed by atoms with Crippen LogP contribution in [0.1, 0.15) is 5.56 Å². The first-order valence-corrected chi connectivity index (χ1v) is 6.23. The van der Waals surface area contributed by atoms with E-state index in [1.165, 1.54) is 0 Å².